The van der Waals surface area contributed by atoms with E-state index in [-0.39, 0.29) is 0 Å². The highest BCUT2D eigenvalue weighted by molar-refractivity contribution is 4.76. The maximum absolute atomic E-state index is 3.57. The van der Waals surface area contributed by atoms with Crippen molar-refractivity contribution in [1.29, 1.82) is 0 Å². The molecule has 0 bridgehead atoms. The number of rotatable bonds is 7. The van der Waals surface area contributed by atoms with Gasteiger partial charge < -0.3 is 5.32 Å². The van der Waals surface area contributed by atoms with E-state index in [0.717, 1.165) is 12.0 Å². The summed E-state index contributed by atoms with van der Waals surface area (Å²) in [5.41, 5.74) is 0. The van der Waals surface area contributed by atoms with Crippen molar-refractivity contribution in [3.05, 3.63) is 0 Å². The molecule has 0 aliphatic carbocycles. The minimum absolute atomic E-state index is 0.825. The molecule has 0 aromatic rings. The third-order valence-electron chi connectivity index (χ3n) is 3.69. The second-order valence-corrected chi connectivity index (χ2v) is 5.53. The summed E-state index contributed by atoms with van der Waals surface area (Å²) in [7, 11) is 0. The van der Waals surface area contributed by atoms with Gasteiger partial charge in [0.15, 0.2) is 0 Å². The highest BCUT2D eigenvalue weighted by Gasteiger charge is 2.19. The number of hydrogen-bond donors (Lipinski definition) is 1. The maximum Gasteiger partial charge on any atom is 0.0110 e. The zero-order chi connectivity index (χ0) is 11.8. The van der Waals surface area contributed by atoms with Gasteiger partial charge >= 0.3 is 0 Å². The van der Waals surface area contributed by atoms with Gasteiger partial charge in [-0.15, -0.1) is 0 Å². The van der Waals surface area contributed by atoms with E-state index in [1.54, 1.807) is 0 Å². The van der Waals surface area contributed by atoms with Crippen LogP contribution in [0.15, 0.2) is 0 Å². The van der Waals surface area contributed by atoms with Crippen LogP contribution in [0.5, 0.6) is 0 Å². The molecule has 0 amide bonds. The van der Waals surface area contributed by atoms with Crippen LogP contribution in [0, 0.1) is 5.92 Å². The summed E-state index contributed by atoms with van der Waals surface area (Å²) in [5.74, 6) is 0.825. The zero-order valence-corrected chi connectivity index (χ0v) is 11.5. The molecule has 2 heteroatoms. The van der Waals surface area contributed by atoms with Crippen LogP contribution in [0.25, 0.3) is 0 Å². The SMILES string of the molecule is CCC1CCCCN1CCNCCC(C)C. The van der Waals surface area contributed by atoms with Crippen LogP contribution < -0.4 is 5.32 Å². The molecule has 0 radical (unpaired) electrons. The van der Waals surface area contributed by atoms with Crippen molar-refractivity contribution in [3.8, 4) is 0 Å². The Morgan fingerprint density at radius 3 is 2.75 bits per heavy atom. The largest absolute Gasteiger partial charge is 0.315 e. The van der Waals surface area contributed by atoms with E-state index in [2.05, 4.69) is 31.0 Å². The van der Waals surface area contributed by atoms with Crippen LogP contribution in [0.4, 0.5) is 0 Å². The van der Waals surface area contributed by atoms with Crippen molar-refractivity contribution < 1.29 is 0 Å². The van der Waals surface area contributed by atoms with Crippen molar-refractivity contribution in [2.45, 2.75) is 58.9 Å². The highest BCUT2D eigenvalue weighted by Crippen LogP contribution is 2.18. The zero-order valence-electron chi connectivity index (χ0n) is 11.5. The Labute approximate surface area is 102 Å². The fourth-order valence-electron chi connectivity index (χ4n) is 2.56. The smallest absolute Gasteiger partial charge is 0.0110 e. The Kier molecular flexibility index (Phi) is 7.06. The second kappa shape index (κ2) is 8.08. The summed E-state index contributed by atoms with van der Waals surface area (Å²) in [5, 5.41) is 3.57. The van der Waals surface area contributed by atoms with Gasteiger partial charge in [0.05, 0.1) is 0 Å². The summed E-state index contributed by atoms with van der Waals surface area (Å²) >= 11 is 0. The molecular formula is C14H30N2. The topological polar surface area (TPSA) is 15.3 Å². The molecule has 1 aliphatic heterocycles. The molecule has 0 spiro atoms. The molecule has 2 nitrogen and oxygen atoms in total. The second-order valence-electron chi connectivity index (χ2n) is 5.53. The lowest BCUT2D eigenvalue weighted by molar-refractivity contribution is 0.145. The molecule has 1 saturated heterocycles. The molecular weight excluding hydrogens is 196 g/mol. The molecule has 0 saturated carbocycles. The molecule has 0 aromatic carbocycles. The summed E-state index contributed by atoms with van der Waals surface area (Å²) in [6.45, 7) is 11.8. The molecule has 0 aromatic heterocycles. The maximum atomic E-state index is 3.57. The minimum atomic E-state index is 0.825. The van der Waals surface area contributed by atoms with Gasteiger partial charge in [-0.3, -0.25) is 4.90 Å². The number of nitrogens with one attached hydrogen (secondary N) is 1. The number of nitrogens with zero attached hydrogens (tertiary/aromatic N) is 1. The Balaban J connectivity index is 2.06. The predicted molar refractivity (Wildman–Crippen MR) is 71.8 cm³/mol. The van der Waals surface area contributed by atoms with Crippen molar-refractivity contribution in [2.24, 2.45) is 5.92 Å². The average molecular weight is 226 g/mol. The molecule has 1 heterocycles. The lowest BCUT2D eigenvalue weighted by Gasteiger charge is -2.35. The highest BCUT2D eigenvalue weighted by atomic mass is 15.2. The van der Waals surface area contributed by atoms with Gasteiger partial charge in [-0.25, -0.2) is 0 Å². The van der Waals surface area contributed by atoms with Crippen LogP contribution >= 0.6 is 0 Å². The van der Waals surface area contributed by atoms with Crippen molar-refractivity contribution in [3.63, 3.8) is 0 Å². The Morgan fingerprint density at radius 2 is 2.06 bits per heavy atom. The summed E-state index contributed by atoms with van der Waals surface area (Å²) in [4.78, 5) is 2.69. The Morgan fingerprint density at radius 1 is 1.25 bits per heavy atom. The monoisotopic (exact) mass is 226 g/mol. The molecule has 1 rings (SSSR count). The van der Waals surface area contributed by atoms with Crippen LogP contribution in [0.1, 0.15) is 52.9 Å². The van der Waals surface area contributed by atoms with E-state index in [1.165, 1.54) is 58.3 Å². The number of likely N-dealkylation sites (tertiary alicyclic amines) is 1. The van der Waals surface area contributed by atoms with E-state index in [0.29, 0.717) is 0 Å². The van der Waals surface area contributed by atoms with Crippen LogP contribution in [-0.2, 0) is 0 Å². The summed E-state index contributed by atoms with van der Waals surface area (Å²) in [6.07, 6.45) is 6.89. The number of hydrogen-bond acceptors (Lipinski definition) is 2. The molecule has 1 atom stereocenters. The van der Waals surface area contributed by atoms with Gasteiger partial charge in [0.1, 0.15) is 0 Å². The molecule has 1 fully saturated rings. The third-order valence-corrected chi connectivity index (χ3v) is 3.69. The van der Waals surface area contributed by atoms with Crippen molar-refractivity contribution in [2.75, 3.05) is 26.2 Å². The molecule has 1 aliphatic rings. The van der Waals surface area contributed by atoms with E-state index in [1.807, 2.05) is 0 Å². The predicted octanol–water partition coefficient (Wildman–Crippen LogP) is 2.89. The van der Waals surface area contributed by atoms with Crippen molar-refractivity contribution >= 4 is 0 Å². The molecule has 1 unspecified atom stereocenters. The van der Waals surface area contributed by atoms with Crippen LogP contribution in [-0.4, -0.2) is 37.1 Å². The molecule has 1 N–H and O–H groups in total. The van der Waals surface area contributed by atoms with E-state index >= 15 is 0 Å². The summed E-state index contributed by atoms with van der Waals surface area (Å²) in [6, 6.07) is 0.862. The van der Waals surface area contributed by atoms with Crippen LogP contribution in [0.2, 0.25) is 0 Å². The first-order chi connectivity index (χ1) is 7.74. The lowest BCUT2D eigenvalue weighted by Crippen LogP contribution is -2.42. The molecule has 96 valence electrons. The van der Waals surface area contributed by atoms with Gasteiger partial charge in [-0.2, -0.15) is 0 Å². The third kappa shape index (κ3) is 5.31. The van der Waals surface area contributed by atoms with Crippen LogP contribution in [0.3, 0.4) is 0 Å². The summed E-state index contributed by atoms with van der Waals surface area (Å²) < 4.78 is 0. The van der Waals surface area contributed by atoms with E-state index < -0.39 is 0 Å². The first kappa shape index (κ1) is 14.0. The standard InChI is InChI=1S/C14H30N2/c1-4-14-7-5-6-11-16(14)12-10-15-9-8-13(2)3/h13-15H,4-12H2,1-3H3. The fraction of sp³-hybridized carbons (Fsp3) is 1.00. The number of piperidine rings is 1. The quantitative estimate of drug-likeness (QED) is 0.672. The van der Waals surface area contributed by atoms with Gasteiger partial charge in [0.25, 0.3) is 0 Å². The van der Waals surface area contributed by atoms with Crippen molar-refractivity contribution in [1.82, 2.24) is 10.2 Å². The van der Waals surface area contributed by atoms with Gasteiger partial charge in [0.2, 0.25) is 0 Å². The lowest BCUT2D eigenvalue weighted by atomic mass is 10.0. The minimum Gasteiger partial charge on any atom is -0.315 e. The molecule has 16 heavy (non-hydrogen) atoms. The first-order valence-corrected chi connectivity index (χ1v) is 7.18. The normalized spacial score (nSPS) is 22.9. The first-order valence-electron chi connectivity index (χ1n) is 7.18. The van der Waals surface area contributed by atoms with Gasteiger partial charge in [-0.05, 0) is 44.7 Å². The van der Waals surface area contributed by atoms with Gasteiger partial charge in [0, 0.05) is 19.1 Å². The Bertz CT molecular complexity index is 168. The van der Waals surface area contributed by atoms with E-state index in [9.17, 15) is 0 Å². The van der Waals surface area contributed by atoms with Gasteiger partial charge in [-0.1, -0.05) is 27.2 Å². The Hall–Kier alpha value is -0.0800. The fourth-order valence-corrected chi connectivity index (χ4v) is 2.56. The average Bonchev–Trinajstić information content (AvgIpc) is 2.29. The van der Waals surface area contributed by atoms with E-state index in [4.69, 9.17) is 0 Å².